The van der Waals surface area contributed by atoms with E-state index in [-0.39, 0.29) is 23.2 Å². The van der Waals surface area contributed by atoms with E-state index in [4.69, 9.17) is 4.74 Å². The lowest BCUT2D eigenvalue weighted by Gasteiger charge is -2.28. The summed E-state index contributed by atoms with van der Waals surface area (Å²) in [6.45, 7) is 12.5. The van der Waals surface area contributed by atoms with Crippen LogP contribution in [0.5, 0.6) is 0 Å². The fourth-order valence-corrected chi connectivity index (χ4v) is 2.18. The molecule has 0 rings (SSSR count). The van der Waals surface area contributed by atoms with Crippen LogP contribution in [0.25, 0.3) is 0 Å². The molecule has 0 aliphatic heterocycles. The van der Waals surface area contributed by atoms with Crippen molar-refractivity contribution in [2.75, 3.05) is 19.7 Å². The number of ketones is 1. The highest BCUT2D eigenvalue weighted by atomic mass is 16.5. The standard InChI is InChI=1S/C19H36N2O4/c1-7-8-16(23)20-12-13-21-17(24)18(3,4)11-14-25-19(5,6)10-9-15(2)22/h7-14H2,1-6H3,(H,20,23)(H,21,24). The van der Waals surface area contributed by atoms with E-state index in [9.17, 15) is 14.4 Å². The van der Waals surface area contributed by atoms with Crippen molar-refractivity contribution in [1.82, 2.24) is 10.6 Å². The van der Waals surface area contributed by atoms with E-state index in [1.807, 2.05) is 34.6 Å². The number of hydrogen-bond donors (Lipinski definition) is 2. The second kappa shape index (κ2) is 11.2. The van der Waals surface area contributed by atoms with Gasteiger partial charge in [0.15, 0.2) is 0 Å². The first-order valence-corrected chi connectivity index (χ1v) is 9.18. The smallest absolute Gasteiger partial charge is 0.225 e. The highest BCUT2D eigenvalue weighted by Gasteiger charge is 2.28. The summed E-state index contributed by atoms with van der Waals surface area (Å²) in [4.78, 5) is 34.7. The second-order valence-corrected chi connectivity index (χ2v) is 7.80. The zero-order valence-electron chi connectivity index (χ0n) is 16.8. The molecule has 0 aromatic carbocycles. The van der Waals surface area contributed by atoms with Gasteiger partial charge in [-0.05, 0) is 40.0 Å². The molecule has 2 amide bonds. The van der Waals surface area contributed by atoms with Gasteiger partial charge in [-0.25, -0.2) is 0 Å². The van der Waals surface area contributed by atoms with Gasteiger partial charge in [-0.15, -0.1) is 0 Å². The molecule has 0 saturated carbocycles. The summed E-state index contributed by atoms with van der Waals surface area (Å²) in [5, 5.41) is 5.62. The molecule has 0 atom stereocenters. The van der Waals surface area contributed by atoms with Gasteiger partial charge in [0.25, 0.3) is 0 Å². The Labute approximate surface area is 152 Å². The summed E-state index contributed by atoms with van der Waals surface area (Å²) in [6, 6.07) is 0. The van der Waals surface area contributed by atoms with Crippen LogP contribution in [0.15, 0.2) is 0 Å². The summed E-state index contributed by atoms with van der Waals surface area (Å²) in [5.41, 5.74) is -0.925. The minimum Gasteiger partial charge on any atom is -0.376 e. The summed E-state index contributed by atoms with van der Waals surface area (Å²) in [5.74, 6) is 0.113. The Kier molecular flexibility index (Phi) is 10.6. The van der Waals surface area contributed by atoms with Gasteiger partial charge >= 0.3 is 0 Å². The summed E-state index contributed by atoms with van der Waals surface area (Å²) in [6.07, 6.45) is 3.09. The summed E-state index contributed by atoms with van der Waals surface area (Å²) >= 11 is 0. The van der Waals surface area contributed by atoms with Crippen molar-refractivity contribution in [3.63, 3.8) is 0 Å². The Morgan fingerprint density at radius 2 is 1.52 bits per heavy atom. The molecule has 0 aliphatic rings. The van der Waals surface area contributed by atoms with Crippen molar-refractivity contribution in [3.8, 4) is 0 Å². The van der Waals surface area contributed by atoms with Crippen molar-refractivity contribution in [1.29, 1.82) is 0 Å². The zero-order valence-corrected chi connectivity index (χ0v) is 16.8. The van der Waals surface area contributed by atoms with Crippen LogP contribution in [0.4, 0.5) is 0 Å². The minimum absolute atomic E-state index is 0.0113. The molecule has 0 aliphatic carbocycles. The molecule has 146 valence electrons. The number of hydrogen-bond acceptors (Lipinski definition) is 4. The quantitative estimate of drug-likeness (QED) is 0.497. The Bertz CT molecular complexity index is 445. The third-order valence-corrected chi connectivity index (χ3v) is 4.12. The number of nitrogens with one attached hydrogen (secondary N) is 2. The molecular formula is C19H36N2O4. The lowest BCUT2D eigenvalue weighted by atomic mass is 9.88. The first kappa shape index (κ1) is 23.6. The lowest BCUT2D eigenvalue weighted by molar-refractivity contribution is -0.131. The first-order valence-electron chi connectivity index (χ1n) is 9.18. The average molecular weight is 357 g/mol. The Morgan fingerprint density at radius 1 is 0.920 bits per heavy atom. The third-order valence-electron chi connectivity index (χ3n) is 4.12. The van der Waals surface area contributed by atoms with E-state index in [2.05, 4.69) is 10.6 Å². The van der Waals surface area contributed by atoms with E-state index in [1.54, 1.807) is 6.92 Å². The third kappa shape index (κ3) is 11.7. The number of Topliss-reactive ketones (excluding diaryl/α,β-unsaturated/α-hetero) is 1. The molecule has 0 unspecified atom stereocenters. The zero-order chi connectivity index (χ0) is 19.5. The highest BCUT2D eigenvalue weighted by molar-refractivity contribution is 5.81. The fourth-order valence-electron chi connectivity index (χ4n) is 2.18. The van der Waals surface area contributed by atoms with Gasteiger partial charge in [0.2, 0.25) is 11.8 Å². The van der Waals surface area contributed by atoms with Gasteiger partial charge in [-0.3, -0.25) is 9.59 Å². The normalized spacial score (nSPS) is 11.9. The molecule has 0 aromatic heterocycles. The Balaban J connectivity index is 4.10. The molecule has 6 nitrogen and oxygen atoms in total. The van der Waals surface area contributed by atoms with E-state index in [1.165, 1.54) is 0 Å². The van der Waals surface area contributed by atoms with E-state index in [0.29, 0.717) is 45.4 Å². The molecule has 0 fully saturated rings. The van der Waals surface area contributed by atoms with Crippen LogP contribution >= 0.6 is 0 Å². The van der Waals surface area contributed by atoms with E-state index >= 15 is 0 Å². The first-order chi connectivity index (χ1) is 11.5. The average Bonchev–Trinajstić information content (AvgIpc) is 2.49. The SMILES string of the molecule is CCCC(=O)NCCNC(=O)C(C)(C)CCOC(C)(C)CCC(C)=O. The molecule has 0 radical (unpaired) electrons. The molecule has 25 heavy (non-hydrogen) atoms. The van der Waals surface area contributed by atoms with Gasteiger partial charge in [0.05, 0.1) is 5.60 Å². The molecule has 0 bridgehead atoms. The molecule has 2 N–H and O–H groups in total. The molecule has 0 aromatic rings. The largest absolute Gasteiger partial charge is 0.376 e. The Hall–Kier alpha value is -1.43. The number of rotatable bonds is 13. The topological polar surface area (TPSA) is 84.5 Å². The summed E-state index contributed by atoms with van der Waals surface area (Å²) < 4.78 is 5.86. The van der Waals surface area contributed by atoms with Gasteiger partial charge in [0.1, 0.15) is 5.78 Å². The number of ether oxygens (including phenoxy) is 1. The number of carbonyl (C=O) groups excluding carboxylic acids is 3. The van der Waals surface area contributed by atoms with Crippen LogP contribution in [-0.2, 0) is 19.1 Å². The van der Waals surface area contributed by atoms with Crippen LogP contribution in [0.2, 0.25) is 0 Å². The molecule has 0 saturated heterocycles. The van der Waals surface area contributed by atoms with Crippen molar-refractivity contribution in [2.45, 2.75) is 79.2 Å². The predicted molar refractivity (Wildman–Crippen MR) is 99.3 cm³/mol. The lowest BCUT2D eigenvalue weighted by Crippen LogP contribution is -2.42. The number of carbonyl (C=O) groups is 3. The second-order valence-electron chi connectivity index (χ2n) is 7.80. The summed E-state index contributed by atoms with van der Waals surface area (Å²) in [7, 11) is 0. The monoisotopic (exact) mass is 356 g/mol. The van der Waals surface area contributed by atoms with E-state index < -0.39 is 5.41 Å². The number of amides is 2. The maximum Gasteiger partial charge on any atom is 0.225 e. The van der Waals surface area contributed by atoms with Crippen LogP contribution in [-0.4, -0.2) is 42.9 Å². The van der Waals surface area contributed by atoms with Crippen molar-refractivity contribution in [2.24, 2.45) is 5.41 Å². The maximum absolute atomic E-state index is 12.3. The maximum atomic E-state index is 12.3. The van der Waals surface area contributed by atoms with Crippen molar-refractivity contribution >= 4 is 17.6 Å². The van der Waals surface area contributed by atoms with Crippen molar-refractivity contribution in [3.05, 3.63) is 0 Å². The minimum atomic E-state index is -0.552. The van der Waals surface area contributed by atoms with Crippen LogP contribution < -0.4 is 10.6 Å². The Morgan fingerprint density at radius 3 is 2.08 bits per heavy atom. The van der Waals surface area contributed by atoms with Crippen molar-refractivity contribution < 1.29 is 19.1 Å². The molecular weight excluding hydrogens is 320 g/mol. The molecule has 0 spiro atoms. The van der Waals surface area contributed by atoms with Crippen LogP contribution in [0, 0.1) is 5.41 Å². The molecule has 6 heteroatoms. The highest BCUT2D eigenvalue weighted by Crippen LogP contribution is 2.23. The van der Waals surface area contributed by atoms with Gasteiger partial charge in [0, 0.05) is 38.0 Å². The van der Waals surface area contributed by atoms with Gasteiger partial charge in [-0.2, -0.15) is 0 Å². The van der Waals surface area contributed by atoms with Gasteiger partial charge in [-0.1, -0.05) is 20.8 Å². The van der Waals surface area contributed by atoms with Gasteiger partial charge < -0.3 is 20.2 Å². The van der Waals surface area contributed by atoms with E-state index in [0.717, 1.165) is 6.42 Å². The predicted octanol–water partition coefficient (Wildman–Crippen LogP) is 2.60. The fraction of sp³-hybridized carbons (Fsp3) is 0.842. The molecule has 0 heterocycles. The van der Waals surface area contributed by atoms with Crippen LogP contribution in [0.1, 0.15) is 73.6 Å². The van der Waals surface area contributed by atoms with Crippen LogP contribution in [0.3, 0.4) is 0 Å².